The lowest BCUT2D eigenvalue weighted by atomic mass is 10.1. The lowest BCUT2D eigenvalue weighted by Gasteiger charge is -2.24. The maximum absolute atomic E-state index is 12.8. The van der Waals surface area contributed by atoms with Crippen molar-refractivity contribution in [3.8, 4) is 0 Å². The van der Waals surface area contributed by atoms with E-state index in [-0.39, 0.29) is 18.9 Å². The predicted molar refractivity (Wildman–Crippen MR) is 124 cm³/mol. The van der Waals surface area contributed by atoms with Crippen LogP contribution in [0.15, 0.2) is 4.99 Å². The molecule has 0 aliphatic rings. The molecule has 0 aromatic heterocycles. The van der Waals surface area contributed by atoms with Crippen LogP contribution in [-0.2, 0) is 33.6 Å². The minimum absolute atomic E-state index is 0.0946. The van der Waals surface area contributed by atoms with Gasteiger partial charge in [0, 0.05) is 13.0 Å². The summed E-state index contributed by atoms with van der Waals surface area (Å²) in [6, 6.07) is -6.31. The van der Waals surface area contributed by atoms with Crippen LogP contribution in [-0.4, -0.2) is 93.5 Å². The number of rotatable bonds is 18. The fraction of sp³-hybridized carbons (Fsp3) is 0.579. The molecule has 0 rings (SSSR count). The molecule has 14 N–H and O–H groups in total. The summed E-state index contributed by atoms with van der Waals surface area (Å²) in [5.74, 6) is -8.95. The number of nitrogens with one attached hydrogen (secondary N) is 3. The third-order valence-electron chi connectivity index (χ3n) is 4.62. The summed E-state index contributed by atoms with van der Waals surface area (Å²) in [6.07, 6.45) is -2.50. The Labute approximate surface area is 210 Å². The highest BCUT2D eigenvalue weighted by Gasteiger charge is 2.32. The van der Waals surface area contributed by atoms with Crippen molar-refractivity contribution < 1.29 is 48.9 Å². The average molecular weight is 533 g/mol. The Morgan fingerprint density at radius 1 is 0.703 bits per heavy atom. The SMILES string of the molecule is NC(=O)CC(NC(=O)C(N)CCCN=C(N)N)C(=O)NC(CCC(=O)O)C(=O)NC(CC(=O)O)C(=O)O. The summed E-state index contributed by atoms with van der Waals surface area (Å²) in [6.45, 7) is 0.175. The quantitative estimate of drug-likeness (QED) is 0.0450. The first-order valence-electron chi connectivity index (χ1n) is 10.8. The Bertz CT molecular complexity index is 905. The van der Waals surface area contributed by atoms with E-state index >= 15 is 0 Å². The van der Waals surface area contributed by atoms with E-state index < -0.39 is 91.4 Å². The van der Waals surface area contributed by atoms with Gasteiger partial charge in [0.25, 0.3) is 0 Å². The van der Waals surface area contributed by atoms with Gasteiger partial charge in [-0.15, -0.1) is 0 Å². The van der Waals surface area contributed by atoms with E-state index in [4.69, 9.17) is 38.3 Å². The van der Waals surface area contributed by atoms with Gasteiger partial charge >= 0.3 is 17.9 Å². The van der Waals surface area contributed by atoms with Gasteiger partial charge in [-0.2, -0.15) is 0 Å². The number of aliphatic carboxylic acids is 3. The van der Waals surface area contributed by atoms with Crippen molar-refractivity contribution >= 4 is 47.5 Å². The van der Waals surface area contributed by atoms with Crippen LogP contribution in [0.2, 0.25) is 0 Å². The minimum Gasteiger partial charge on any atom is -0.481 e. The Morgan fingerprint density at radius 2 is 1.24 bits per heavy atom. The predicted octanol–water partition coefficient (Wildman–Crippen LogP) is -4.88. The van der Waals surface area contributed by atoms with E-state index in [9.17, 15) is 33.6 Å². The Balaban J connectivity index is 5.52. The van der Waals surface area contributed by atoms with Crippen LogP contribution in [0, 0.1) is 0 Å². The van der Waals surface area contributed by atoms with Gasteiger partial charge in [0.2, 0.25) is 23.6 Å². The molecule has 4 unspecified atom stereocenters. The van der Waals surface area contributed by atoms with Gasteiger partial charge < -0.3 is 54.2 Å². The number of guanidine groups is 1. The third-order valence-corrected chi connectivity index (χ3v) is 4.62. The standard InChI is InChI=1S/C19H32N8O10/c20-8(2-1-5-24-19(22)23)15(33)26-10(6-12(21)28)17(35)25-9(3-4-13(29)30)16(34)27-11(18(36)37)7-14(31)32/h8-11H,1-7,20H2,(H2,21,28)(H,25,35)(H,26,33)(H,27,34)(H,29,30)(H,31,32)(H,36,37)(H4,22,23,24). The van der Waals surface area contributed by atoms with Crippen LogP contribution >= 0.6 is 0 Å². The molecule has 0 aliphatic carbocycles. The molecule has 0 spiro atoms. The maximum Gasteiger partial charge on any atom is 0.326 e. The molecule has 0 saturated carbocycles. The summed E-state index contributed by atoms with van der Waals surface area (Å²) in [5, 5.41) is 33.1. The Morgan fingerprint density at radius 3 is 1.73 bits per heavy atom. The van der Waals surface area contributed by atoms with E-state index in [0.29, 0.717) is 6.42 Å². The molecule has 4 atom stereocenters. The maximum atomic E-state index is 12.8. The smallest absolute Gasteiger partial charge is 0.326 e. The molecule has 208 valence electrons. The van der Waals surface area contributed by atoms with E-state index in [1.54, 1.807) is 0 Å². The van der Waals surface area contributed by atoms with Crippen molar-refractivity contribution in [2.75, 3.05) is 6.54 Å². The van der Waals surface area contributed by atoms with Gasteiger partial charge in [0.05, 0.1) is 18.9 Å². The number of carbonyl (C=O) groups is 7. The second-order valence-corrected chi connectivity index (χ2v) is 7.78. The van der Waals surface area contributed by atoms with Crippen LogP contribution in [0.5, 0.6) is 0 Å². The number of aliphatic imine (C=N–C) groups is 1. The second kappa shape index (κ2) is 16.2. The average Bonchev–Trinajstić information content (AvgIpc) is 2.76. The number of carboxylic acid groups (broad SMARTS) is 3. The highest BCUT2D eigenvalue weighted by atomic mass is 16.4. The summed E-state index contributed by atoms with van der Waals surface area (Å²) >= 11 is 0. The number of hydrogen-bond donors (Lipinski definition) is 10. The summed E-state index contributed by atoms with van der Waals surface area (Å²) < 4.78 is 0. The van der Waals surface area contributed by atoms with Gasteiger partial charge in [-0.05, 0) is 19.3 Å². The van der Waals surface area contributed by atoms with Crippen molar-refractivity contribution in [1.29, 1.82) is 0 Å². The van der Waals surface area contributed by atoms with Gasteiger partial charge in [0.1, 0.15) is 18.1 Å². The zero-order valence-corrected chi connectivity index (χ0v) is 19.7. The van der Waals surface area contributed by atoms with Crippen LogP contribution in [0.1, 0.15) is 38.5 Å². The summed E-state index contributed by atoms with van der Waals surface area (Å²) in [4.78, 5) is 85.9. The number of nitrogens with zero attached hydrogens (tertiary/aromatic N) is 1. The fourth-order valence-corrected chi connectivity index (χ4v) is 2.80. The lowest BCUT2D eigenvalue weighted by molar-refractivity contribution is -0.147. The van der Waals surface area contributed by atoms with E-state index in [1.165, 1.54) is 0 Å². The molecule has 37 heavy (non-hydrogen) atoms. The first kappa shape index (κ1) is 32.5. The molecule has 0 radical (unpaired) electrons. The zero-order valence-electron chi connectivity index (χ0n) is 19.7. The molecule has 0 bridgehead atoms. The number of carboxylic acids is 3. The van der Waals surface area contributed by atoms with E-state index in [0.717, 1.165) is 0 Å². The third kappa shape index (κ3) is 14.5. The highest BCUT2D eigenvalue weighted by Crippen LogP contribution is 2.04. The normalized spacial score (nSPS) is 13.6. The number of hydrogen-bond acceptors (Lipinski definition) is 9. The molecule has 0 fully saturated rings. The zero-order chi connectivity index (χ0) is 28.7. The van der Waals surface area contributed by atoms with Gasteiger partial charge in [0.15, 0.2) is 5.96 Å². The lowest BCUT2D eigenvalue weighted by Crippen LogP contribution is -2.58. The van der Waals surface area contributed by atoms with Gasteiger partial charge in [-0.25, -0.2) is 4.79 Å². The number of carbonyl (C=O) groups excluding carboxylic acids is 4. The van der Waals surface area contributed by atoms with E-state index in [1.807, 2.05) is 5.32 Å². The first-order chi connectivity index (χ1) is 17.1. The summed E-state index contributed by atoms with van der Waals surface area (Å²) in [5.41, 5.74) is 21.3. The molecule has 0 aromatic carbocycles. The minimum atomic E-state index is -1.88. The van der Waals surface area contributed by atoms with Crippen molar-refractivity contribution in [1.82, 2.24) is 16.0 Å². The van der Waals surface area contributed by atoms with Gasteiger partial charge in [-0.3, -0.25) is 33.8 Å². The molecule has 0 aromatic rings. The molecule has 0 saturated heterocycles. The molecule has 0 heterocycles. The molecule has 4 amide bonds. The Hall–Kier alpha value is -4.48. The topological polar surface area (TPSA) is 333 Å². The van der Waals surface area contributed by atoms with Crippen LogP contribution in [0.25, 0.3) is 0 Å². The Kier molecular flexibility index (Phi) is 14.3. The van der Waals surface area contributed by atoms with Crippen molar-refractivity contribution in [3.63, 3.8) is 0 Å². The second-order valence-electron chi connectivity index (χ2n) is 7.78. The molecule has 18 nitrogen and oxygen atoms in total. The molecular formula is C19H32N8O10. The van der Waals surface area contributed by atoms with Crippen molar-refractivity contribution in [2.24, 2.45) is 27.9 Å². The fourth-order valence-electron chi connectivity index (χ4n) is 2.80. The first-order valence-corrected chi connectivity index (χ1v) is 10.8. The molecular weight excluding hydrogens is 500 g/mol. The van der Waals surface area contributed by atoms with Crippen molar-refractivity contribution in [2.45, 2.75) is 62.7 Å². The molecule has 18 heteroatoms. The monoisotopic (exact) mass is 532 g/mol. The number of amides is 4. The molecule has 0 aliphatic heterocycles. The highest BCUT2D eigenvalue weighted by molar-refractivity contribution is 5.96. The van der Waals surface area contributed by atoms with Crippen LogP contribution in [0.4, 0.5) is 0 Å². The largest absolute Gasteiger partial charge is 0.481 e. The van der Waals surface area contributed by atoms with Gasteiger partial charge in [-0.1, -0.05) is 0 Å². The van der Waals surface area contributed by atoms with E-state index in [2.05, 4.69) is 15.6 Å². The van der Waals surface area contributed by atoms with Crippen LogP contribution < -0.4 is 38.9 Å². The number of primary amides is 1. The van der Waals surface area contributed by atoms with Crippen LogP contribution in [0.3, 0.4) is 0 Å². The number of nitrogens with two attached hydrogens (primary N) is 4. The summed E-state index contributed by atoms with van der Waals surface area (Å²) in [7, 11) is 0. The van der Waals surface area contributed by atoms with Crippen molar-refractivity contribution in [3.05, 3.63) is 0 Å².